The fourth-order valence-corrected chi connectivity index (χ4v) is 3.84. The van der Waals surface area contributed by atoms with E-state index in [1.165, 1.54) is 37.4 Å². The molecule has 6 nitrogen and oxygen atoms in total. The lowest BCUT2D eigenvalue weighted by Crippen LogP contribution is -2.40. The minimum absolute atomic E-state index is 0.0859. The van der Waals surface area contributed by atoms with Crippen LogP contribution in [0.15, 0.2) is 47.3 Å². The van der Waals surface area contributed by atoms with Crippen molar-refractivity contribution >= 4 is 5.82 Å². The van der Waals surface area contributed by atoms with Gasteiger partial charge in [-0.05, 0) is 43.2 Å². The Bertz CT molecular complexity index is 1390. The molecule has 1 aliphatic heterocycles. The summed E-state index contributed by atoms with van der Waals surface area (Å²) in [7, 11) is 1.36. The molecule has 0 unspecified atom stereocenters. The third kappa shape index (κ3) is 4.78. The van der Waals surface area contributed by atoms with Gasteiger partial charge in [-0.1, -0.05) is 17.9 Å². The molecule has 1 aliphatic rings. The molecule has 0 saturated carbocycles. The number of piperidine rings is 1. The average Bonchev–Trinajstić information content (AvgIpc) is 2.83. The zero-order chi connectivity index (χ0) is 24.2. The van der Waals surface area contributed by atoms with Gasteiger partial charge in [0, 0.05) is 36.3 Å². The summed E-state index contributed by atoms with van der Waals surface area (Å²) < 4.78 is 33.4. The van der Waals surface area contributed by atoms with Gasteiger partial charge in [-0.15, -0.1) is 0 Å². The largest absolute Gasteiger partial charge is 0.494 e. The molecule has 3 N–H and O–H groups in total. The van der Waals surface area contributed by atoms with Crippen LogP contribution in [0.2, 0.25) is 0 Å². The van der Waals surface area contributed by atoms with Crippen LogP contribution in [-0.4, -0.2) is 31.2 Å². The molecule has 2 aromatic carbocycles. The van der Waals surface area contributed by atoms with Crippen molar-refractivity contribution in [2.24, 2.45) is 5.73 Å². The molecular weight excluding hydrogens is 438 g/mol. The quantitative estimate of drug-likeness (QED) is 0.583. The van der Waals surface area contributed by atoms with Gasteiger partial charge in [0.2, 0.25) is 0 Å². The summed E-state index contributed by atoms with van der Waals surface area (Å²) >= 11 is 0. The van der Waals surface area contributed by atoms with Crippen molar-refractivity contribution in [3.63, 3.8) is 0 Å². The maximum Gasteiger partial charge on any atom is 0.199 e. The number of H-pyrrole nitrogens is 1. The van der Waals surface area contributed by atoms with E-state index in [4.69, 9.17) is 15.7 Å². The molecule has 0 bridgehead atoms. The molecule has 172 valence electrons. The third-order valence-corrected chi connectivity index (χ3v) is 5.76. The summed E-state index contributed by atoms with van der Waals surface area (Å²) in [5.74, 6) is 5.02. The maximum atomic E-state index is 14.4. The number of methoxy groups -OCH3 is 1. The van der Waals surface area contributed by atoms with Gasteiger partial charge >= 0.3 is 0 Å². The number of pyridine rings is 1. The summed E-state index contributed by atoms with van der Waals surface area (Å²) in [6.07, 6.45) is 1.57. The predicted octanol–water partition coefficient (Wildman–Crippen LogP) is 3.53. The van der Waals surface area contributed by atoms with Gasteiger partial charge in [-0.2, -0.15) is 5.26 Å². The molecule has 8 heteroatoms. The molecule has 0 atom stereocenters. The Morgan fingerprint density at radius 1 is 1.09 bits per heavy atom. The van der Waals surface area contributed by atoms with Gasteiger partial charge in [-0.3, -0.25) is 4.79 Å². The number of anilines is 1. The summed E-state index contributed by atoms with van der Waals surface area (Å²) in [5, 5.41) is 9.06. The van der Waals surface area contributed by atoms with Gasteiger partial charge in [-0.25, -0.2) is 8.78 Å². The molecule has 1 aromatic heterocycles. The highest BCUT2D eigenvalue weighted by Crippen LogP contribution is 2.26. The molecule has 1 fully saturated rings. The van der Waals surface area contributed by atoms with Crippen LogP contribution in [0.5, 0.6) is 5.75 Å². The van der Waals surface area contributed by atoms with Crippen molar-refractivity contribution in [2.45, 2.75) is 18.9 Å². The van der Waals surface area contributed by atoms with Crippen molar-refractivity contribution in [3.8, 4) is 34.9 Å². The van der Waals surface area contributed by atoms with Crippen LogP contribution in [0.4, 0.5) is 14.6 Å². The molecule has 1 saturated heterocycles. The van der Waals surface area contributed by atoms with E-state index in [2.05, 4.69) is 16.8 Å². The number of nitrogens with zero attached hydrogens (tertiary/aromatic N) is 2. The molecule has 0 spiro atoms. The number of aromatic amines is 1. The number of hydrogen-bond acceptors (Lipinski definition) is 5. The molecule has 3 aromatic rings. The highest BCUT2D eigenvalue weighted by molar-refractivity contribution is 5.70. The van der Waals surface area contributed by atoms with Crippen LogP contribution < -0.4 is 20.8 Å². The van der Waals surface area contributed by atoms with Crippen molar-refractivity contribution in [2.75, 3.05) is 25.1 Å². The fraction of sp³-hybridized carbons (Fsp3) is 0.231. The first-order chi connectivity index (χ1) is 16.4. The number of ether oxygens (including phenoxy) is 1. The zero-order valence-electron chi connectivity index (χ0n) is 18.5. The average molecular weight is 460 g/mol. The number of benzene rings is 2. The van der Waals surface area contributed by atoms with E-state index < -0.39 is 11.6 Å². The van der Waals surface area contributed by atoms with Gasteiger partial charge in [0.05, 0.1) is 23.9 Å². The van der Waals surface area contributed by atoms with Crippen molar-refractivity contribution in [1.29, 1.82) is 5.26 Å². The monoisotopic (exact) mass is 460 g/mol. The molecule has 4 rings (SSSR count). The van der Waals surface area contributed by atoms with Gasteiger partial charge < -0.3 is 20.4 Å². The third-order valence-electron chi connectivity index (χ3n) is 5.76. The molecule has 0 aliphatic carbocycles. The van der Waals surface area contributed by atoms with E-state index in [0.717, 1.165) is 12.8 Å². The maximum absolute atomic E-state index is 14.4. The van der Waals surface area contributed by atoms with E-state index in [-0.39, 0.29) is 28.3 Å². The Balaban J connectivity index is 1.83. The lowest BCUT2D eigenvalue weighted by atomic mass is 10.0. The second kappa shape index (κ2) is 9.78. The van der Waals surface area contributed by atoms with Crippen LogP contribution in [0.3, 0.4) is 0 Å². The Kier molecular flexibility index (Phi) is 6.62. The molecule has 0 radical (unpaired) electrons. The number of nitriles is 1. The number of aromatic nitrogens is 1. The standard InChI is InChI=1S/C26H22F2N4O2/c1-34-24-7-3-16(12-22(24)28)2-6-20-23(33)14-25(32-10-8-19(30)9-11-32)31-26(20)17-4-5-18(15-29)21(27)13-17/h3-5,7,12-14,19H,8-11,30H2,1H3,(H,31,33). The van der Waals surface area contributed by atoms with Crippen molar-refractivity contribution < 1.29 is 13.5 Å². The Morgan fingerprint density at radius 3 is 2.50 bits per heavy atom. The van der Waals surface area contributed by atoms with Crippen molar-refractivity contribution in [3.05, 3.63) is 81.0 Å². The van der Waals surface area contributed by atoms with Crippen molar-refractivity contribution in [1.82, 2.24) is 4.98 Å². The van der Waals surface area contributed by atoms with Gasteiger partial charge in [0.1, 0.15) is 17.7 Å². The number of rotatable bonds is 3. The van der Waals surface area contributed by atoms with Crippen LogP contribution in [0, 0.1) is 34.8 Å². The SMILES string of the molecule is COc1ccc(C#Cc2c(-c3ccc(C#N)c(F)c3)[nH]c(N3CCC(N)CC3)cc2=O)cc1F. The second-order valence-electron chi connectivity index (χ2n) is 8.00. The van der Waals surface area contributed by atoms with E-state index in [1.807, 2.05) is 4.90 Å². The van der Waals surface area contributed by atoms with E-state index >= 15 is 0 Å². The zero-order valence-corrected chi connectivity index (χ0v) is 18.5. The van der Waals surface area contributed by atoms with E-state index in [9.17, 15) is 13.6 Å². The number of nitrogens with one attached hydrogen (secondary N) is 1. The number of halogens is 2. The molecule has 34 heavy (non-hydrogen) atoms. The number of nitrogens with two attached hydrogens (primary N) is 1. The summed E-state index contributed by atoms with van der Waals surface area (Å²) in [6, 6.07) is 11.7. The van der Waals surface area contributed by atoms with E-state index in [0.29, 0.717) is 35.7 Å². The highest BCUT2D eigenvalue weighted by atomic mass is 19.1. The van der Waals surface area contributed by atoms with Gasteiger partial charge in [0.15, 0.2) is 17.0 Å². The lowest BCUT2D eigenvalue weighted by Gasteiger charge is -2.31. The van der Waals surface area contributed by atoms with Gasteiger partial charge in [0.25, 0.3) is 0 Å². The minimum Gasteiger partial charge on any atom is -0.494 e. The number of hydrogen-bond donors (Lipinski definition) is 2. The van der Waals surface area contributed by atoms with E-state index in [1.54, 1.807) is 18.2 Å². The normalized spacial score (nSPS) is 13.7. The minimum atomic E-state index is -0.702. The molecule has 0 amide bonds. The second-order valence-corrected chi connectivity index (χ2v) is 8.00. The summed E-state index contributed by atoms with van der Waals surface area (Å²) in [6.45, 7) is 1.35. The Hall–Kier alpha value is -4.14. The predicted molar refractivity (Wildman–Crippen MR) is 126 cm³/mol. The first kappa shape index (κ1) is 23.0. The topological polar surface area (TPSA) is 95.1 Å². The Morgan fingerprint density at radius 2 is 1.85 bits per heavy atom. The highest BCUT2D eigenvalue weighted by Gasteiger charge is 2.20. The first-order valence-electron chi connectivity index (χ1n) is 10.7. The Labute approximate surface area is 195 Å². The molecular formula is C26H22F2N4O2. The lowest BCUT2D eigenvalue weighted by molar-refractivity contribution is 0.386. The summed E-state index contributed by atoms with van der Waals surface area (Å²) in [5.41, 5.74) is 6.69. The first-order valence-corrected chi connectivity index (χ1v) is 10.7. The molecule has 2 heterocycles. The van der Waals surface area contributed by atoms with Crippen LogP contribution in [-0.2, 0) is 0 Å². The van der Waals surface area contributed by atoms with Crippen LogP contribution in [0.25, 0.3) is 11.3 Å². The summed E-state index contributed by atoms with van der Waals surface area (Å²) in [4.78, 5) is 18.4. The van der Waals surface area contributed by atoms with Crippen LogP contribution in [0.1, 0.15) is 29.5 Å². The fourth-order valence-electron chi connectivity index (χ4n) is 3.84. The smallest absolute Gasteiger partial charge is 0.199 e. The van der Waals surface area contributed by atoms with Crippen LogP contribution >= 0.6 is 0 Å².